The SMILES string of the molecule is c1ccc2c(c1)oc1ccc(-c3cc(-c4ccc5oc6ccc(-n7c8ccccc8c8ccccc87)cc6c5c4)cc(-n4c5ccccc5c5ccccc54)c3)cc12. The Morgan fingerprint density at radius 3 is 1.14 bits per heavy atom. The number of rotatable bonds is 4. The third-order valence-electron chi connectivity index (χ3n) is 12.1. The van der Waals surface area contributed by atoms with E-state index in [4.69, 9.17) is 8.83 Å². The van der Waals surface area contributed by atoms with E-state index in [1.807, 2.05) is 12.1 Å². The van der Waals surface area contributed by atoms with Crippen LogP contribution in [0.5, 0.6) is 0 Å². The molecular weight excluding hydrogens is 709 g/mol. The molecular formula is C54H32N2O2. The molecule has 4 heterocycles. The maximum atomic E-state index is 6.51. The molecule has 0 saturated heterocycles. The molecule has 0 bridgehead atoms. The summed E-state index contributed by atoms with van der Waals surface area (Å²) in [6, 6.07) is 69.8. The van der Waals surface area contributed by atoms with Crippen LogP contribution in [0.2, 0.25) is 0 Å². The quantitative estimate of drug-likeness (QED) is 0.180. The summed E-state index contributed by atoms with van der Waals surface area (Å²) in [5, 5.41) is 9.38. The van der Waals surface area contributed by atoms with E-state index in [0.29, 0.717) is 0 Å². The second kappa shape index (κ2) is 11.8. The van der Waals surface area contributed by atoms with Gasteiger partial charge in [-0.25, -0.2) is 0 Å². The van der Waals surface area contributed by atoms with Crippen molar-refractivity contribution in [3.05, 3.63) is 194 Å². The first-order chi connectivity index (χ1) is 28.7. The van der Waals surface area contributed by atoms with E-state index < -0.39 is 0 Å². The normalized spacial score (nSPS) is 12.1. The first kappa shape index (κ1) is 31.4. The predicted molar refractivity (Wildman–Crippen MR) is 241 cm³/mol. The van der Waals surface area contributed by atoms with Gasteiger partial charge in [0.25, 0.3) is 0 Å². The van der Waals surface area contributed by atoms with Crippen molar-refractivity contribution < 1.29 is 8.83 Å². The van der Waals surface area contributed by atoms with Crippen LogP contribution in [0.15, 0.2) is 203 Å². The largest absolute Gasteiger partial charge is 0.456 e. The van der Waals surface area contributed by atoms with Gasteiger partial charge in [-0.1, -0.05) is 103 Å². The van der Waals surface area contributed by atoms with Crippen LogP contribution in [0.4, 0.5) is 0 Å². The first-order valence-corrected chi connectivity index (χ1v) is 19.7. The molecule has 13 aromatic rings. The van der Waals surface area contributed by atoms with Gasteiger partial charge in [-0.15, -0.1) is 0 Å². The van der Waals surface area contributed by atoms with Crippen molar-refractivity contribution in [3.63, 3.8) is 0 Å². The van der Waals surface area contributed by atoms with Crippen molar-refractivity contribution in [1.82, 2.24) is 9.13 Å². The summed E-state index contributed by atoms with van der Waals surface area (Å²) < 4.78 is 17.5. The second-order valence-electron chi connectivity index (χ2n) is 15.3. The van der Waals surface area contributed by atoms with Gasteiger partial charge in [-0.2, -0.15) is 0 Å². The number of fused-ring (bicyclic) bond motifs is 12. The van der Waals surface area contributed by atoms with Gasteiger partial charge in [0.15, 0.2) is 0 Å². The molecule has 0 aliphatic heterocycles. The van der Waals surface area contributed by atoms with Crippen molar-refractivity contribution in [2.24, 2.45) is 0 Å². The van der Waals surface area contributed by atoms with E-state index in [1.165, 1.54) is 43.6 Å². The molecule has 4 aromatic heterocycles. The minimum absolute atomic E-state index is 0.870. The minimum atomic E-state index is 0.870. The van der Waals surface area contributed by atoms with Crippen molar-refractivity contribution in [2.75, 3.05) is 0 Å². The van der Waals surface area contributed by atoms with Crippen LogP contribution in [0.3, 0.4) is 0 Å². The fraction of sp³-hybridized carbons (Fsp3) is 0. The highest BCUT2D eigenvalue weighted by molar-refractivity contribution is 6.12. The molecule has 4 nitrogen and oxygen atoms in total. The van der Waals surface area contributed by atoms with Crippen molar-refractivity contribution >= 4 is 87.5 Å². The third-order valence-corrected chi connectivity index (χ3v) is 12.1. The lowest BCUT2D eigenvalue weighted by molar-refractivity contribution is 0.668. The van der Waals surface area contributed by atoms with E-state index in [-0.39, 0.29) is 0 Å². The Morgan fingerprint density at radius 2 is 0.621 bits per heavy atom. The van der Waals surface area contributed by atoms with Crippen molar-refractivity contribution in [1.29, 1.82) is 0 Å². The Morgan fingerprint density at radius 1 is 0.241 bits per heavy atom. The molecule has 0 saturated carbocycles. The van der Waals surface area contributed by atoms with Crippen LogP contribution >= 0.6 is 0 Å². The molecule has 270 valence electrons. The molecule has 0 aliphatic rings. The molecule has 0 fully saturated rings. The van der Waals surface area contributed by atoms with Gasteiger partial charge in [-0.05, 0) is 113 Å². The number of benzene rings is 9. The lowest BCUT2D eigenvalue weighted by Crippen LogP contribution is -1.96. The highest BCUT2D eigenvalue weighted by Crippen LogP contribution is 2.41. The van der Waals surface area contributed by atoms with Gasteiger partial charge in [0, 0.05) is 54.5 Å². The summed E-state index contributed by atoms with van der Waals surface area (Å²) in [5.41, 5.74) is 15.0. The minimum Gasteiger partial charge on any atom is -0.456 e. The van der Waals surface area contributed by atoms with E-state index in [2.05, 4.69) is 191 Å². The Labute approximate surface area is 332 Å². The van der Waals surface area contributed by atoms with Crippen molar-refractivity contribution in [3.8, 4) is 33.6 Å². The molecule has 4 heteroatoms. The highest BCUT2D eigenvalue weighted by Gasteiger charge is 2.18. The Balaban J connectivity index is 1.04. The second-order valence-corrected chi connectivity index (χ2v) is 15.3. The van der Waals surface area contributed by atoms with Crippen LogP contribution in [-0.2, 0) is 0 Å². The van der Waals surface area contributed by atoms with E-state index in [9.17, 15) is 0 Å². The summed E-state index contributed by atoms with van der Waals surface area (Å²) >= 11 is 0. The number of hydrogen-bond donors (Lipinski definition) is 0. The highest BCUT2D eigenvalue weighted by atomic mass is 16.3. The zero-order valence-electron chi connectivity index (χ0n) is 31.2. The van der Waals surface area contributed by atoms with Crippen LogP contribution in [-0.4, -0.2) is 9.13 Å². The monoisotopic (exact) mass is 740 g/mol. The molecule has 0 aliphatic carbocycles. The molecule has 0 N–H and O–H groups in total. The molecule has 0 atom stereocenters. The average molecular weight is 741 g/mol. The Kier molecular flexibility index (Phi) is 6.41. The van der Waals surface area contributed by atoms with Crippen LogP contribution < -0.4 is 0 Å². The van der Waals surface area contributed by atoms with Gasteiger partial charge in [0.2, 0.25) is 0 Å². The fourth-order valence-corrected chi connectivity index (χ4v) is 9.46. The number of furan rings is 2. The zero-order valence-corrected chi connectivity index (χ0v) is 31.2. The van der Waals surface area contributed by atoms with E-state index >= 15 is 0 Å². The van der Waals surface area contributed by atoms with Crippen LogP contribution in [0.25, 0.3) is 121 Å². The predicted octanol–water partition coefficient (Wildman–Crippen LogP) is 15.0. The number of nitrogens with zero attached hydrogens (tertiary/aromatic N) is 2. The third kappa shape index (κ3) is 4.51. The van der Waals surface area contributed by atoms with E-state index in [0.717, 1.165) is 77.5 Å². The summed E-state index contributed by atoms with van der Waals surface area (Å²) in [6.07, 6.45) is 0. The number of hydrogen-bond acceptors (Lipinski definition) is 2. The topological polar surface area (TPSA) is 36.1 Å². The van der Waals surface area contributed by atoms with Crippen molar-refractivity contribution in [2.45, 2.75) is 0 Å². The zero-order chi connectivity index (χ0) is 37.9. The summed E-state index contributed by atoms with van der Waals surface area (Å²) in [6.45, 7) is 0. The molecule has 13 rings (SSSR count). The van der Waals surface area contributed by atoms with Gasteiger partial charge in [-0.3, -0.25) is 0 Å². The summed E-state index contributed by atoms with van der Waals surface area (Å²) in [7, 11) is 0. The van der Waals surface area contributed by atoms with Gasteiger partial charge in [0.05, 0.1) is 22.1 Å². The van der Waals surface area contributed by atoms with Gasteiger partial charge >= 0.3 is 0 Å². The standard InChI is InChI=1S/C54H32N2O2/c1-6-16-47-39(11-1)40-12-2-7-17-48(40)55(47)37-23-26-54-46(32-37)45-31-34(22-25-53(45)58-54)36-27-35(33-21-24-52-44(30-33)43-15-5-10-20-51(43)57-52)28-38(29-36)56-49-18-8-3-13-41(49)42-14-4-9-19-50(42)56/h1-32H. The average Bonchev–Trinajstić information content (AvgIpc) is 4.03. The summed E-state index contributed by atoms with van der Waals surface area (Å²) in [5.74, 6) is 0. The maximum Gasteiger partial charge on any atom is 0.135 e. The van der Waals surface area contributed by atoms with Gasteiger partial charge < -0.3 is 18.0 Å². The van der Waals surface area contributed by atoms with Gasteiger partial charge in [0.1, 0.15) is 22.3 Å². The maximum absolute atomic E-state index is 6.51. The molecule has 9 aromatic carbocycles. The molecule has 0 radical (unpaired) electrons. The summed E-state index contributed by atoms with van der Waals surface area (Å²) in [4.78, 5) is 0. The number of para-hydroxylation sites is 5. The lowest BCUT2D eigenvalue weighted by Gasteiger charge is -2.14. The fourth-order valence-electron chi connectivity index (χ4n) is 9.46. The molecule has 58 heavy (non-hydrogen) atoms. The smallest absolute Gasteiger partial charge is 0.135 e. The first-order valence-electron chi connectivity index (χ1n) is 19.7. The van der Waals surface area contributed by atoms with E-state index in [1.54, 1.807) is 0 Å². The number of aromatic nitrogens is 2. The van der Waals surface area contributed by atoms with Crippen LogP contribution in [0, 0.1) is 0 Å². The lowest BCUT2D eigenvalue weighted by atomic mass is 9.96. The molecule has 0 spiro atoms. The van der Waals surface area contributed by atoms with Crippen LogP contribution in [0.1, 0.15) is 0 Å². The Bertz CT molecular complexity index is 3710. The molecule has 0 amide bonds. The Hall–Kier alpha value is -7.82. The molecule has 0 unspecified atom stereocenters.